The number of carbonyl (C=O) groups excluding carboxylic acids is 1. The van der Waals surface area contributed by atoms with Crippen LogP contribution in [0.15, 0.2) is 18.2 Å². The molecule has 0 bridgehead atoms. The van der Waals surface area contributed by atoms with Crippen molar-refractivity contribution in [3.8, 4) is 0 Å². The van der Waals surface area contributed by atoms with Crippen molar-refractivity contribution in [1.29, 1.82) is 0 Å². The molecule has 0 fully saturated rings. The maximum absolute atomic E-state index is 12.4. The van der Waals surface area contributed by atoms with Crippen molar-refractivity contribution >= 4 is 11.6 Å². The Hall–Kier alpha value is -1.72. The van der Waals surface area contributed by atoms with Crippen LogP contribution in [0.3, 0.4) is 0 Å². The molecule has 0 saturated heterocycles. The summed E-state index contributed by atoms with van der Waals surface area (Å²) in [7, 11) is 0. The molecule has 3 nitrogen and oxygen atoms in total. The molecule has 0 aliphatic carbocycles. The normalized spacial score (nSPS) is 15.8. The Bertz CT molecular complexity index is 429. The van der Waals surface area contributed by atoms with Crippen LogP contribution in [0.2, 0.25) is 0 Å². The zero-order valence-electron chi connectivity index (χ0n) is 8.19. The van der Waals surface area contributed by atoms with Gasteiger partial charge in [-0.05, 0) is 18.2 Å². The second-order valence-electron chi connectivity index (χ2n) is 3.44. The molecular weight excluding hydrogens is 221 g/mol. The Morgan fingerprint density at radius 1 is 1.12 bits per heavy atom. The number of rotatable bonds is 0. The highest BCUT2D eigenvalue weighted by molar-refractivity contribution is 6.00. The predicted octanol–water partition coefficient (Wildman–Crippen LogP) is 1.86. The Kier molecular flexibility index (Phi) is 2.49. The van der Waals surface area contributed by atoms with Gasteiger partial charge in [0.1, 0.15) is 0 Å². The van der Waals surface area contributed by atoms with Crippen molar-refractivity contribution in [1.82, 2.24) is 5.32 Å². The molecule has 1 heterocycles. The Labute approximate surface area is 89.6 Å². The van der Waals surface area contributed by atoms with E-state index in [-0.39, 0.29) is 5.56 Å². The second-order valence-corrected chi connectivity index (χ2v) is 3.44. The summed E-state index contributed by atoms with van der Waals surface area (Å²) < 4.78 is 37.3. The predicted molar refractivity (Wildman–Crippen MR) is 52.3 cm³/mol. The van der Waals surface area contributed by atoms with Gasteiger partial charge >= 0.3 is 6.18 Å². The lowest BCUT2D eigenvalue weighted by molar-refractivity contribution is -0.137. The molecule has 1 aliphatic heterocycles. The third-order valence-corrected chi connectivity index (χ3v) is 2.32. The number of carbonyl (C=O) groups is 1. The largest absolute Gasteiger partial charge is 0.416 e. The van der Waals surface area contributed by atoms with Crippen molar-refractivity contribution in [3.05, 3.63) is 29.3 Å². The summed E-state index contributed by atoms with van der Waals surface area (Å²) in [5.74, 6) is -0.480. The fourth-order valence-corrected chi connectivity index (χ4v) is 1.53. The van der Waals surface area contributed by atoms with Crippen molar-refractivity contribution in [3.63, 3.8) is 0 Å². The van der Waals surface area contributed by atoms with Gasteiger partial charge in [-0.15, -0.1) is 0 Å². The maximum atomic E-state index is 12.4. The highest BCUT2D eigenvalue weighted by Gasteiger charge is 2.32. The number of amides is 1. The number of anilines is 1. The van der Waals surface area contributed by atoms with E-state index in [1.54, 1.807) is 0 Å². The molecule has 2 N–H and O–H groups in total. The van der Waals surface area contributed by atoms with E-state index in [2.05, 4.69) is 10.6 Å². The fourth-order valence-electron chi connectivity index (χ4n) is 1.53. The van der Waals surface area contributed by atoms with Gasteiger partial charge in [-0.3, -0.25) is 4.79 Å². The van der Waals surface area contributed by atoms with E-state index in [0.29, 0.717) is 18.8 Å². The standard InChI is InChI=1S/C10H9F3N2O/c11-10(12,13)6-1-2-8-7(5-6)9(16)15-4-3-14-8/h1-2,5,14H,3-4H2,(H,15,16). The Balaban J connectivity index is 2.47. The molecule has 16 heavy (non-hydrogen) atoms. The van der Waals surface area contributed by atoms with E-state index < -0.39 is 17.6 Å². The average Bonchev–Trinajstić information content (AvgIpc) is 2.39. The lowest BCUT2D eigenvalue weighted by Gasteiger charge is -2.10. The Morgan fingerprint density at radius 3 is 2.50 bits per heavy atom. The number of alkyl halides is 3. The highest BCUT2D eigenvalue weighted by atomic mass is 19.4. The third-order valence-electron chi connectivity index (χ3n) is 2.32. The molecule has 0 radical (unpaired) electrons. The minimum absolute atomic E-state index is 0.0346. The van der Waals surface area contributed by atoms with E-state index in [1.807, 2.05) is 0 Å². The van der Waals surface area contributed by atoms with Crippen LogP contribution >= 0.6 is 0 Å². The summed E-state index contributed by atoms with van der Waals surface area (Å²) in [5, 5.41) is 5.39. The van der Waals surface area contributed by atoms with E-state index in [4.69, 9.17) is 0 Å². The van der Waals surface area contributed by atoms with Gasteiger partial charge in [-0.1, -0.05) is 0 Å². The summed E-state index contributed by atoms with van der Waals surface area (Å²) in [4.78, 5) is 11.5. The molecule has 1 aromatic rings. The average molecular weight is 230 g/mol. The fraction of sp³-hybridized carbons (Fsp3) is 0.300. The van der Waals surface area contributed by atoms with Gasteiger partial charge in [0.25, 0.3) is 5.91 Å². The van der Waals surface area contributed by atoms with E-state index in [9.17, 15) is 18.0 Å². The lowest BCUT2D eigenvalue weighted by Crippen LogP contribution is -2.24. The molecule has 0 saturated carbocycles. The molecule has 0 spiro atoms. The molecule has 0 aromatic heterocycles. The summed E-state index contributed by atoms with van der Waals surface area (Å²) >= 11 is 0. The Morgan fingerprint density at radius 2 is 1.81 bits per heavy atom. The van der Waals surface area contributed by atoms with Gasteiger partial charge < -0.3 is 10.6 Å². The van der Waals surface area contributed by atoms with E-state index >= 15 is 0 Å². The molecule has 86 valence electrons. The quantitative estimate of drug-likeness (QED) is 0.714. The van der Waals surface area contributed by atoms with Crippen LogP contribution in [-0.4, -0.2) is 19.0 Å². The zero-order valence-corrected chi connectivity index (χ0v) is 8.19. The van der Waals surface area contributed by atoms with Crippen LogP contribution < -0.4 is 10.6 Å². The van der Waals surface area contributed by atoms with Crippen molar-refractivity contribution in [2.75, 3.05) is 18.4 Å². The summed E-state index contributed by atoms with van der Waals surface area (Å²) in [6.07, 6.45) is -4.43. The van der Waals surface area contributed by atoms with Gasteiger partial charge in [-0.25, -0.2) is 0 Å². The first-order valence-electron chi connectivity index (χ1n) is 4.72. The van der Waals surface area contributed by atoms with Crippen LogP contribution in [-0.2, 0) is 6.18 Å². The number of fused-ring (bicyclic) bond motifs is 1. The van der Waals surface area contributed by atoms with Crippen molar-refractivity contribution in [2.45, 2.75) is 6.18 Å². The van der Waals surface area contributed by atoms with Gasteiger partial charge in [0.15, 0.2) is 0 Å². The van der Waals surface area contributed by atoms with Crippen LogP contribution in [0.5, 0.6) is 0 Å². The molecule has 0 atom stereocenters. The molecule has 1 aromatic carbocycles. The highest BCUT2D eigenvalue weighted by Crippen LogP contribution is 2.32. The summed E-state index contributed by atoms with van der Waals surface area (Å²) in [6.45, 7) is 0.902. The summed E-state index contributed by atoms with van der Waals surface area (Å²) in [5.41, 5.74) is -0.347. The number of nitrogens with one attached hydrogen (secondary N) is 2. The van der Waals surface area contributed by atoms with Gasteiger partial charge in [0.05, 0.1) is 11.1 Å². The van der Waals surface area contributed by atoms with Gasteiger partial charge in [0.2, 0.25) is 0 Å². The minimum atomic E-state index is -4.43. The van der Waals surface area contributed by atoms with Crippen LogP contribution in [0.4, 0.5) is 18.9 Å². The zero-order chi connectivity index (χ0) is 11.8. The van der Waals surface area contributed by atoms with Gasteiger partial charge in [-0.2, -0.15) is 13.2 Å². The third kappa shape index (κ3) is 1.95. The number of halogens is 3. The lowest BCUT2D eigenvalue weighted by atomic mass is 10.1. The van der Waals surface area contributed by atoms with Crippen LogP contribution in [0.25, 0.3) is 0 Å². The minimum Gasteiger partial charge on any atom is -0.383 e. The molecule has 0 unspecified atom stereocenters. The topological polar surface area (TPSA) is 41.1 Å². The maximum Gasteiger partial charge on any atom is 0.416 e. The molecule has 6 heteroatoms. The van der Waals surface area contributed by atoms with Gasteiger partial charge in [0, 0.05) is 18.8 Å². The first-order valence-corrected chi connectivity index (χ1v) is 4.72. The second kappa shape index (κ2) is 3.70. The molecular formula is C10H9F3N2O. The monoisotopic (exact) mass is 230 g/mol. The summed E-state index contributed by atoms with van der Waals surface area (Å²) in [6, 6.07) is 3.11. The van der Waals surface area contributed by atoms with Crippen LogP contribution in [0, 0.1) is 0 Å². The van der Waals surface area contributed by atoms with Crippen molar-refractivity contribution < 1.29 is 18.0 Å². The number of benzene rings is 1. The number of hydrogen-bond donors (Lipinski definition) is 2. The SMILES string of the molecule is O=C1NCCNc2ccc(C(F)(F)F)cc21. The van der Waals surface area contributed by atoms with Crippen molar-refractivity contribution in [2.24, 2.45) is 0 Å². The molecule has 1 amide bonds. The van der Waals surface area contributed by atoms with E-state index in [0.717, 1.165) is 12.1 Å². The molecule has 1 aliphatic rings. The van der Waals surface area contributed by atoms with E-state index in [1.165, 1.54) is 6.07 Å². The smallest absolute Gasteiger partial charge is 0.383 e. The molecule has 2 rings (SSSR count). The first kappa shape index (κ1) is 10.8. The van der Waals surface area contributed by atoms with Crippen LogP contribution in [0.1, 0.15) is 15.9 Å². The number of hydrogen-bond acceptors (Lipinski definition) is 2. The first-order chi connectivity index (χ1) is 7.48.